The van der Waals surface area contributed by atoms with Gasteiger partial charge in [-0.05, 0) is 24.6 Å². The lowest BCUT2D eigenvalue weighted by Gasteiger charge is -2.14. The second-order valence-corrected chi connectivity index (χ2v) is 6.36. The molecule has 1 aromatic heterocycles. The van der Waals surface area contributed by atoms with Gasteiger partial charge >= 0.3 is 5.97 Å². The van der Waals surface area contributed by atoms with Crippen LogP contribution in [0.25, 0.3) is 11.3 Å². The summed E-state index contributed by atoms with van der Waals surface area (Å²) in [5.41, 5.74) is 2.62. The van der Waals surface area contributed by atoms with Crippen LogP contribution in [-0.2, 0) is 4.74 Å². The van der Waals surface area contributed by atoms with Crippen LogP contribution in [0.15, 0.2) is 54.6 Å². The van der Waals surface area contributed by atoms with Crippen molar-refractivity contribution in [2.45, 2.75) is 6.42 Å². The van der Waals surface area contributed by atoms with Crippen LogP contribution in [0.3, 0.4) is 0 Å². The predicted octanol–water partition coefficient (Wildman–Crippen LogP) is 3.48. The number of nitrogens with one attached hydrogen (secondary N) is 2. The van der Waals surface area contributed by atoms with Gasteiger partial charge in [0, 0.05) is 24.8 Å². The number of hydrogen-bond donors (Lipinski definition) is 3. The minimum Gasteiger partial charge on any atom is -0.495 e. The third-order valence-electron chi connectivity index (χ3n) is 4.30. The SMILES string of the molecule is COC(=O)c1ccc(OC)c(Nc2cc(-c3ccccc3)nc(NCCCO)n2)c1. The highest BCUT2D eigenvalue weighted by atomic mass is 16.5. The largest absolute Gasteiger partial charge is 0.495 e. The second-order valence-electron chi connectivity index (χ2n) is 6.36. The molecule has 0 radical (unpaired) electrons. The van der Waals surface area contributed by atoms with E-state index in [1.165, 1.54) is 7.11 Å². The number of benzene rings is 2. The Hall–Kier alpha value is -3.65. The number of carbonyl (C=O) groups is 1. The molecule has 156 valence electrons. The van der Waals surface area contributed by atoms with Crippen molar-refractivity contribution in [3.63, 3.8) is 0 Å². The molecule has 0 amide bonds. The lowest BCUT2D eigenvalue weighted by molar-refractivity contribution is 0.0600. The molecular weight excluding hydrogens is 384 g/mol. The smallest absolute Gasteiger partial charge is 0.337 e. The van der Waals surface area contributed by atoms with Crippen molar-refractivity contribution < 1.29 is 19.4 Å². The number of rotatable bonds is 9. The fraction of sp³-hybridized carbons (Fsp3) is 0.227. The molecule has 1 heterocycles. The van der Waals surface area contributed by atoms with E-state index in [4.69, 9.17) is 14.6 Å². The number of aromatic nitrogens is 2. The van der Waals surface area contributed by atoms with Crippen molar-refractivity contribution in [1.29, 1.82) is 0 Å². The number of aliphatic hydroxyl groups excluding tert-OH is 1. The summed E-state index contributed by atoms with van der Waals surface area (Å²) >= 11 is 0. The van der Waals surface area contributed by atoms with Gasteiger partial charge < -0.3 is 25.2 Å². The third-order valence-corrected chi connectivity index (χ3v) is 4.30. The summed E-state index contributed by atoms with van der Waals surface area (Å²) in [6.07, 6.45) is 0.580. The van der Waals surface area contributed by atoms with Gasteiger partial charge in [-0.2, -0.15) is 4.98 Å². The fourth-order valence-corrected chi connectivity index (χ4v) is 2.81. The van der Waals surface area contributed by atoms with Crippen LogP contribution in [0.5, 0.6) is 5.75 Å². The van der Waals surface area contributed by atoms with E-state index in [1.54, 1.807) is 25.3 Å². The molecule has 30 heavy (non-hydrogen) atoms. The van der Waals surface area contributed by atoms with E-state index in [0.29, 0.717) is 41.7 Å². The molecule has 0 spiro atoms. The van der Waals surface area contributed by atoms with Gasteiger partial charge in [-0.15, -0.1) is 0 Å². The topological polar surface area (TPSA) is 106 Å². The highest BCUT2D eigenvalue weighted by molar-refractivity contribution is 5.91. The summed E-state index contributed by atoms with van der Waals surface area (Å²) in [6, 6.07) is 16.5. The zero-order chi connectivity index (χ0) is 21.3. The molecule has 0 atom stereocenters. The zero-order valence-corrected chi connectivity index (χ0v) is 16.9. The van der Waals surface area contributed by atoms with Crippen molar-refractivity contribution in [2.75, 3.05) is 38.0 Å². The number of aliphatic hydroxyl groups is 1. The van der Waals surface area contributed by atoms with Gasteiger partial charge in [0.05, 0.1) is 31.2 Å². The average molecular weight is 408 g/mol. The summed E-state index contributed by atoms with van der Waals surface area (Å²) < 4.78 is 10.2. The Kier molecular flexibility index (Phi) is 7.18. The van der Waals surface area contributed by atoms with Crippen LogP contribution in [0, 0.1) is 0 Å². The number of esters is 1. The predicted molar refractivity (Wildman–Crippen MR) is 115 cm³/mol. The number of ether oxygens (including phenoxy) is 2. The molecule has 3 N–H and O–H groups in total. The number of methoxy groups -OCH3 is 2. The maximum absolute atomic E-state index is 11.9. The highest BCUT2D eigenvalue weighted by Gasteiger charge is 2.13. The molecule has 0 aliphatic carbocycles. The summed E-state index contributed by atoms with van der Waals surface area (Å²) in [6.45, 7) is 0.614. The van der Waals surface area contributed by atoms with Crippen LogP contribution >= 0.6 is 0 Å². The first-order chi connectivity index (χ1) is 14.6. The summed E-state index contributed by atoms with van der Waals surface area (Å²) in [5, 5.41) is 15.4. The number of anilines is 3. The van der Waals surface area contributed by atoms with Crippen LogP contribution in [0.2, 0.25) is 0 Å². The Balaban J connectivity index is 1.98. The van der Waals surface area contributed by atoms with E-state index in [-0.39, 0.29) is 6.61 Å². The van der Waals surface area contributed by atoms with E-state index in [0.717, 1.165) is 11.3 Å². The Morgan fingerprint density at radius 2 is 1.87 bits per heavy atom. The van der Waals surface area contributed by atoms with Gasteiger partial charge in [0.1, 0.15) is 11.6 Å². The molecule has 0 saturated carbocycles. The van der Waals surface area contributed by atoms with Crippen molar-refractivity contribution in [1.82, 2.24) is 9.97 Å². The second kappa shape index (κ2) is 10.2. The van der Waals surface area contributed by atoms with E-state index in [1.807, 2.05) is 36.4 Å². The van der Waals surface area contributed by atoms with Gasteiger partial charge in [0.2, 0.25) is 5.95 Å². The van der Waals surface area contributed by atoms with Crippen LogP contribution in [-0.4, -0.2) is 48.4 Å². The molecule has 3 aromatic rings. The lowest BCUT2D eigenvalue weighted by Crippen LogP contribution is -2.09. The number of carbonyl (C=O) groups excluding carboxylic acids is 1. The zero-order valence-electron chi connectivity index (χ0n) is 16.9. The highest BCUT2D eigenvalue weighted by Crippen LogP contribution is 2.30. The summed E-state index contributed by atoms with van der Waals surface area (Å²) in [5.74, 6) is 1.06. The Morgan fingerprint density at radius 1 is 1.07 bits per heavy atom. The van der Waals surface area contributed by atoms with E-state index >= 15 is 0 Å². The van der Waals surface area contributed by atoms with E-state index < -0.39 is 5.97 Å². The number of hydrogen-bond acceptors (Lipinski definition) is 8. The molecule has 2 aromatic carbocycles. The molecule has 8 heteroatoms. The van der Waals surface area contributed by atoms with Crippen molar-refractivity contribution in [3.8, 4) is 17.0 Å². The van der Waals surface area contributed by atoms with Crippen LogP contribution in [0.1, 0.15) is 16.8 Å². The molecule has 0 bridgehead atoms. The fourth-order valence-electron chi connectivity index (χ4n) is 2.81. The normalized spacial score (nSPS) is 10.4. The number of nitrogens with zero attached hydrogens (tertiary/aromatic N) is 2. The minimum atomic E-state index is -0.445. The Labute approximate surface area is 174 Å². The molecule has 0 aliphatic rings. The van der Waals surface area contributed by atoms with Gasteiger partial charge in [-0.1, -0.05) is 30.3 Å². The summed E-state index contributed by atoms with van der Waals surface area (Å²) in [7, 11) is 2.89. The first kappa shape index (κ1) is 21.1. The van der Waals surface area contributed by atoms with Gasteiger partial charge in [-0.25, -0.2) is 9.78 Å². The van der Waals surface area contributed by atoms with Crippen LogP contribution in [0.4, 0.5) is 17.5 Å². The van der Waals surface area contributed by atoms with Crippen molar-refractivity contribution in [3.05, 3.63) is 60.2 Å². The van der Waals surface area contributed by atoms with Gasteiger partial charge in [0.15, 0.2) is 0 Å². The van der Waals surface area contributed by atoms with E-state index in [2.05, 4.69) is 20.6 Å². The van der Waals surface area contributed by atoms with Gasteiger partial charge in [-0.3, -0.25) is 0 Å². The van der Waals surface area contributed by atoms with Crippen LogP contribution < -0.4 is 15.4 Å². The first-order valence-corrected chi connectivity index (χ1v) is 9.47. The molecule has 0 saturated heterocycles. The van der Waals surface area contributed by atoms with Gasteiger partial charge in [0.25, 0.3) is 0 Å². The average Bonchev–Trinajstić information content (AvgIpc) is 2.79. The third kappa shape index (κ3) is 5.24. The monoisotopic (exact) mass is 408 g/mol. The Bertz CT molecular complexity index is 996. The standard InChI is InChI=1S/C22H24N4O4/c1-29-19-10-9-16(21(28)30-2)13-18(19)24-20-14-17(15-7-4-3-5-8-15)25-22(26-20)23-11-6-12-27/h3-5,7-10,13-14,27H,6,11-12H2,1-2H3,(H2,23,24,25,26). The van der Waals surface area contributed by atoms with E-state index in [9.17, 15) is 4.79 Å². The lowest BCUT2D eigenvalue weighted by atomic mass is 10.1. The first-order valence-electron chi connectivity index (χ1n) is 9.47. The van der Waals surface area contributed by atoms with Crippen molar-refractivity contribution in [2.24, 2.45) is 0 Å². The molecular formula is C22H24N4O4. The molecule has 0 aliphatic heterocycles. The minimum absolute atomic E-state index is 0.0774. The maximum atomic E-state index is 11.9. The maximum Gasteiger partial charge on any atom is 0.337 e. The molecule has 0 unspecified atom stereocenters. The Morgan fingerprint density at radius 3 is 2.57 bits per heavy atom. The quantitative estimate of drug-likeness (QED) is 0.365. The molecule has 0 fully saturated rings. The molecule has 3 rings (SSSR count). The molecule has 8 nitrogen and oxygen atoms in total. The summed E-state index contributed by atoms with van der Waals surface area (Å²) in [4.78, 5) is 21.0. The van der Waals surface area contributed by atoms with Crippen molar-refractivity contribution >= 4 is 23.4 Å².